The molecule has 1 aliphatic rings. The minimum absolute atomic E-state index is 0. The van der Waals surface area contributed by atoms with Crippen molar-refractivity contribution in [3.63, 3.8) is 0 Å². The Bertz CT molecular complexity index is 2990. The number of para-hydroxylation sites is 2. The van der Waals surface area contributed by atoms with E-state index in [4.69, 9.17) is 46.5 Å². The zero-order valence-corrected chi connectivity index (χ0v) is 44.6. The van der Waals surface area contributed by atoms with Crippen molar-refractivity contribution in [2.24, 2.45) is 9.98 Å². The number of hydrogen-bond donors (Lipinski definition) is 0. The third-order valence-corrected chi connectivity index (χ3v) is 11.2. The maximum absolute atomic E-state index is 11.2. The van der Waals surface area contributed by atoms with Crippen molar-refractivity contribution >= 4 is 32.2 Å². The molecule has 0 amide bonds. The molecule has 18 heteroatoms. The number of rotatable bonds is 21. The van der Waals surface area contributed by atoms with Crippen LogP contribution in [0.2, 0.25) is 0 Å². The minimum atomic E-state index is -4.34. The maximum atomic E-state index is 11.2. The van der Waals surface area contributed by atoms with Gasteiger partial charge in [0.15, 0.2) is 0 Å². The van der Waals surface area contributed by atoms with E-state index in [1.165, 1.54) is 0 Å². The molecule has 0 atom stereocenters. The molecule has 0 unspecified atom stereocenters. The van der Waals surface area contributed by atoms with Gasteiger partial charge in [0.05, 0.1) is 57.3 Å². The van der Waals surface area contributed by atoms with E-state index in [9.17, 15) is 13.0 Å². The van der Waals surface area contributed by atoms with Crippen LogP contribution >= 0.6 is 0 Å². The monoisotopic (exact) mass is 998 g/mol. The average Bonchev–Trinajstić information content (AvgIpc) is 3.96. The fourth-order valence-electron chi connectivity index (χ4n) is 7.65. The molecule has 0 aliphatic carbocycles. The number of ether oxygens (including phenoxy) is 4. The Labute approximate surface area is 454 Å². The quantitative estimate of drug-likeness (QED) is 0.0446. The number of nitrogens with zero attached hydrogens (tertiary/aromatic N) is 4. The molecule has 0 saturated carbocycles. The molecule has 0 N–H and O–H groups in total. The molecule has 0 saturated heterocycles. The largest absolute Gasteiger partial charge is 1.00 e. The molecule has 8 rings (SSSR count). The van der Waals surface area contributed by atoms with Gasteiger partial charge < -0.3 is 30.4 Å². The van der Waals surface area contributed by atoms with E-state index in [0.717, 1.165) is 27.9 Å². The van der Waals surface area contributed by atoms with Gasteiger partial charge in [-0.25, -0.2) is 23.4 Å². The average molecular weight is 999 g/mol. The first-order valence-corrected chi connectivity index (χ1v) is 24.3. The van der Waals surface area contributed by atoms with Gasteiger partial charge in [-0.2, -0.15) is 6.42 Å². The molecule has 6 aromatic carbocycles. The minimum Gasteiger partial charge on any atom is -0.748 e. The fourth-order valence-corrected chi connectivity index (χ4v) is 8.13. The number of hydrogen-bond acceptors (Lipinski definition) is 13. The number of aliphatic imine (C=N–C) groups is 2. The Kier molecular flexibility index (Phi) is 21.9. The van der Waals surface area contributed by atoms with Crippen molar-refractivity contribution < 1.29 is 104 Å². The third kappa shape index (κ3) is 14.5. The molecule has 0 radical (unpaired) electrons. The van der Waals surface area contributed by atoms with Gasteiger partial charge in [-0.1, -0.05) is 146 Å². The van der Waals surface area contributed by atoms with Gasteiger partial charge >= 0.3 is 69.7 Å². The van der Waals surface area contributed by atoms with Crippen LogP contribution in [-0.2, 0) is 36.0 Å². The molecule has 7 aromatic rings. The number of benzene rings is 6. The van der Waals surface area contributed by atoms with Crippen LogP contribution in [0.4, 0.5) is 0 Å². The first kappa shape index (κ1) is 55.8. The van der Waals surface area contributed by atoms with Gasteiger partial charge in [-0.15, -0.1) is 12.6 Å². The number of aromatic nitrogens is 2. The second-order valence-corrected chi connectivity index (χ2v) is 17.0. The summed E-state index contributed by atoms with van der Waals surface area (Å²) in [5.41, 5.74) is 7.67. The molecule has 0 fully saturated rings. The summed E-state index contributed by atoms with van der Waals surface area (Å²) in [7, 11) is -7.45. The van der Waals surface area contributed by atoms with Crippen LogP contribution in [0.25, 0.3) is 33.9 Å². The summed E-state index contributed by atoms with van der Waals surface area (Å²) in [4.78, 5) is 17.2. The second kappa shape index (κ2) is 27.5. The second-order valence-electron chi connectivity index (χ2n) is 15.1. The van der Waals surface area contributed by atoms with Gasteiger partial charge in [-0.05, 0) is 30.7 Å². The smallest absolute Gasteiger partial charge is 0.748 e. The maximum Gasteiger partial charge on any atom is 1.00 e. The Morgan fingerprint density at radius 1 is 0.557 bits per heavy atom. The van der Waals surface area contributed by atoms with Crippen LogP contribution in [0.3, 0.4) is 0 Å². The van der Waals surface area contributed by atoms with Gasteiger partial charge in [-0.3, -0.25) is 4.57 Å². The summed E-state index contributed by atoms with van der Waals surface area (Å²) in [5.74, 6) is -0.447. The van der Waals surface area contributed by atoms with Crippen LogP contribution in [0.15, 0.2) is 180 Å². The predicted octanol–water partition coefficient (Wildman–Crippen LogP) is 2.49. The summed E-state index contributed by atoms with van der Waals surface area (Å²) in [6.07, 6.45) is 0.744. The molecule has 70 heavy (non-hydrogen) atoms. The topological polar surface area (TPSA) is 188 Å². The Morgan fingerprint density at radius 2 is 1.00 bits per heavy atom. The van der Waals surface area contributed by atoms with Gasteiger partial charge in [0.25, 0.3) is 5.79 Å². The van der Waals surface area contributed by atoms with E-state index in [0.29, 0.717) is 71.8 Å². The zero-order valence-electron chi connectivity index (χ0n) is 38.9. The van der Waals surface area contributed by atoms with E-state index in [1.54, 1.807) is 0 Å². The van der Waals surface area contributed by atoms with Crippen LogP contribution in [0.5, 0.6) is 11.5 Å². The molecule has 1 aliphatic heterocycles. The van der Waals surface area contributed by atoms with E-state index in [-0.39, 0.29) is 85.4 Å². The van der Waals surface area contributed by atoms with Crippen LogP contribution < -0.4 is 68.6 Å². The molecule has 1 aromatic heterocycles. The Hall–Kier alpha value is -5.08. The third-order valence-electron chi connectivity index (χ3n) is 10.5. The zero-order chi connectivity index (χ0) is 47.8. The number of imidazole rings is 1. The standard InChI is InChI=1S/C52H49N4O7S.2Na.O3S/c1-2-32-60-34-36-62-45-30-17-15-28-43(45)51-53-49(41-24-11-5-12-25-41)50(42-26-13-6-14-27-42)56(51)52(44-29-16-18-31-46(44)63-37-35-61-33-19-38-64(57,58)59)54-47(39-20-7-3-8-21-39)48(55-52)40-22-9-4-10-23-40;;;1-4(2)3/h3-18,20-31H,1-2,19,32-38H2,(H,57,58,59);;;/q-1;2*+1;/p-1. The van der Waals surface area contributed by atoms with E-state index >= 15 is 0 Å². The first-order valence-electron chi connectivity index (χ1n) is 21.7. The van der Waals surface area contributed by atoms with Crippen LogP contribution in [0, 0.1) is 6.92 Å². The SMILES string of the molecule is O=S(=O)=O.[CH2-]CCOCCOc1ccccc1-c1nc(-c2ccccc2)c(-c2ccccc2)n1C1(c2ccccc2OCCOCCCS(=O)(=O)[O-])N=C(c2ccccc2)C(c2ccccc2)=N1.[Na+].[Na+]. The summed E-state index contributed by atoms with van der Waals surface area (Å²) in [6, 6.07) is 55.8. The van der Waals surface area contributed by atoms with Crippen molar-refractivity contribution in [2.75, 3.05) is 45.4 Å². The predicted molar refractivity (Wildman–Crippen MR) is 259 cm³/mol. The van der Waals surface area contributed by atoms with Crippen molar-refractivity contribution in [1.82, 2.24) is 9.55 Å². The van der Waals surface area contributed by atoms with Crippen LogP contribution in [0.1, 0.15) is 29.5 Å². The summed E-state index contributed by atoms with van der Waals surface area (Å²) >= 11 is 0. The van der Waals surface area contributed by atoms with Gasteiger partial charge in [0.2, 0.25) is 0 Å². The summed E-state index contributed by atoms with van der Waals surface area (Å²) in [6.45, 7) is 5.46. The molecule has 0 spiro atoms. The van der Waals surface area contributed by atoms with Gasteiger partial charge in [0, 0.05) is 41.2 Å². The summed E-state index contributed by atoms with van der Waals surface area (Å²) in [5, 5.41) is 0. The molecular weight excluding hydrogens is 951 g/mol. The Balaban J connectivity index is 0.00000147. The van der Waals surface area contributed by atoms with Crippen LogP contribution in [-0.4, -0.2) is 92.0 Å². The Morgan fingerprint density at radius 3 is 1.53 bits per heavy atom. The van der Waals surface area contributed by atoms with E-state index < -0.39 is 32.3 Å². The van der Waals surface area contributed by atoms with Crippen molar-refractivity contribution in [3.8, 4) is 45.4 Å². The van der Waals surface area contributed by atoms with Crippen molar-refractivity contribution in [3.05, 3.63) is 193 Å². The van der Waals surface area contributed by atoms with Gasteiger partial charge in [0.1, 0.15) is 30.5 Å². The summed E-state index contributed by atoms with van der Waals surface area (Å²) < 4.78 is 85.6. The normalized spacial score (nSPS) is 12.5. The molecule has 14 nitrogen and oxygen atoms in total. The molecule has 0 bridgehead atoms. The fraction of sp³-hybridized carbons (Fsp3) is 0.192. The molecule has 2 heterocycles. The first-order chi connectivity index (χ1) is 33.1. The van der Waals surface area contributed by atoms with E-state index in [2.05, 4.69) is 23.6 Å². The van der Waals surface area contributed by atoms with Crippen molar-refractivity contribution in [2.45, 2.75) is 18.6 Å². The molecule has 350 valence electrons. The van der Waals surface area contributed by atoms with E-state index in [1.807, 2.05) is 158 Å². The molecular formula is C52H48N4Na2O10S2. The van der Waals surface area contributed by atoms with Crippen molar-refractivity contribution in [1.29, 1.82) is 0 Å².